The maximum atomic E-state index is 14.0. The standard InChI is InChI=1S/C30H34F2N2O2/c1-19-12-13-20(15-23(19)27(35)21-9-8-14-30(31,32)17-21)22-16-25(28(33-4)34-18-22)29(2,3)24-10-6-7-11-26(24)36-5/h6-7,10-13,15-16,18,21H,8-9,14,17H2,1-5H3,(H,33,34). The molecule has 0 bridgehead atoms. The lowest BCUT2D eigenvalue weighted by molar-refractivity contribution is -0.0478. The molecule has 1 saturated carbocycles. The Balaban J connectivity index is 1.75. The van der Waals surface area contributed by atoms with Gasteiger partial charge in [-0.2, -0.15) is 0 Å². The number of carbonyl (C=O) groups excluding carboxylic acids is 1. The van der Waals surface area contributed by atoms with Gasteiger partial charge in [-0.1, -0.05) is 44.2 Å². The molecule has 4 rings (SSSR count). The molecule has 190 valence electrons. The van der Waals surface area contributed by atoms with E-state index >= 15 is 0 Å². The number of nitrogens with one attached hydrogen (secondary N) is 1. The number of hydrogen-bond acceptors (Lipinski definition) is 4. The number of anilines is 1. The summed E-state index contributed by atoms with van der Waals surface area (Å²) in [7, 11) is 3.50. The molecule has 1 heterocycles. The average Bonchev–Trinajstić information content (AvgIpc) is 2.87. The summed E-state index contributed by atoms with van der Waals surface area (Å²) < 4.78 is 33.7. The molecule has 0 spiro atoms. The van der Waals surface area contributed by atoms with Crippen LogP contribution in [-0.2, 0) is 5.41 Å². The van der Waals surface area contributed by atoms with Crippen LogP contribution in [0.4, 0.5) is 14.6 Å². The average molecular weight is 493 g/mol. The van der Waals surface area contributed by atoms with E-state index in [0.717, 1.165) is 39.4 Å². The molecule has 4 nitrogen and oxygen atoms in total. The highest BCUT2D eigenvalue weighted by molar-refractivity contribution is 6.00. The highest BCUT2D eigenvalue weighted by atomic mass is 19.3. The number of aromatic nitrogens is 1. The number of methoxy groups -OCH3 is 1. The number of alkyl halides is 2. The van der Waals surface area contributed by atoms with E-state index in [-0.39, 0.29) is 18.6 Å². The number of aryl methyl sites for hydroxylation is 1. The van der Waals surface area contributed by atoms with Gasteiger partial charge in [-0.05, 0) is 49.1 Å². The summed E-state index contributed by atoms with van der Waals surface area (Å²) in [6.45, 7) is 6.11. The highest BCUT2D eigenvalue weighted by Crippen LogP contribution is 2.42. The number of hydrogen-bond donors (Lipinski definition) is 1. The first-order valence-electron chi connectivity index (χ1n) is 12.4. The van der Waals surface area contributed by atoms with E-state index in [1.54, 1.807) is 13.3 Å². The second kappa shape index (κ2) is 10.00. The fraction of sp³-hybridized carbons (Fsp3) is 0.400. The Morgan fingerprint density at radius 2 is 1.86 bits per heavy atom. The summed E-state index contributed by atoms with van der Waals surface area (Å²) in [6, 6.07) is 15.7. The molecule has 0 radical (unpaired) electrons. The lowest BCUT2D eigenvalue weighted by atomic mass is 9.77. The van der Waals surface area contributed by atoms with Gasteiger partial charge in [0.15, 0.2) is 5.78 Å². The normalized spacial score (nSPS) is 17.5. The van der Waals surface area contributed by atoms with E-state index in [1.807, 2.05) is 56.4 Å². The van der Waals surface area contributed by atoms with Crippen LogP contribution in [0.2, 0.25) is 0 Å². The Morgan fingerprint density at radius 1 is 1.11 bits per heavy atom. The zero-order valence-corrected chi connectivity index (χ0v) is 21.6. The number of Topliss-reactive ketones (excluding diaryl/α,β-unsaturated/α-hetero) is 1. The van der Waals surface area contributed by atoms with Gasteiger partial charge in [-0.3, -0.25) is 4.79 Å². The Kier molecular flexibility index (Phi) is 7.17. The van der Waals surface area contributed by atoms with Crippen LogP contribution in [-0.4, -0.2) is 30.8 Å². The molecule has 0 amide bonds. The molecule has 1 fully saturated rings. The van der Waals surface area contributed by atoms with Crippen LogP contribution in [0.15, 0.2) is 54.7 Å². The Morgan fingerprint density at radius 3 is 2.56 bits per heavy atom. The summed E-state index contributed by atoms with van der Waals surface area (Å²) in [5.41, 5.74) is 4.57. The van der Waals surface area contributed by atoms with Crippen LogP contribution in [0, 0.1) is 12.8 Å². The van der Waals surface area contributed by atoms with Gasteiger partial charge in [0, 0.05) is 59.7 Å². The third kappa shape index (κ3) is 4.99. The maximum absolute atomic E-state index is 14.0. The van der Waals surface area contributed by atoms with Crippen molar-refractivity contribution in [2.75, 3.05) is 19.5 Å². The first kappa shape index (κ1) is 25.8. The fourth-order valence-electron chi connectivity index (χ4n) is 5.29. The lowest BCUT2D eigenvalue weighted by Crippen LogP contribution is -2.30. The number of ketones is 1. The molecule has 36 heavy (non-hydrogen) atoms. The third-order valence-corrected chi connectivity index (χ3v) is 7.43. The van der Waals surface area contributed by atoms with Crippen LogP contribution in [0.5, 0.6) is 5.75 Å². The fourth-order valence-corrected chi connectivity index (χ4v) is 5.29. The van der Waals surface area contributed by atoms with Gasteiger partial charge in [0.05, 0.1) is 7.11 Å². The zero-order valence-electron chi connectivity index (χ0n) is 21.6. The molecular weight excluding hydrogens is 458 g/mol. The van der Waals surface area contributed by atoms with E-state index in [2.05, 4.69) is 25.2 Å². The molecule has 1 aliphatic carbocycles. The Labute approximate surface area is 212 Å². The molecule has 0 saturated heterocycles. The lowest BCUT2D eigenvalue weighted by Gasteiger charge is -2.30. The number of rotatable bonds is 7. The number of para-hydroxylation sites is 1. The molecule has 1 unspecified atom stereocenters. The first-order valence-corrected chi connectivity index (χ1v) is 12.4. The predicted octanol–water partition coefficient (Wildman–Crippen LogP) is 7.44. The van der Waals surface area contributed by atoms with Gasteiger partial charge >= 0.3 is 0 Å². The third-order valence-electron chi connectivity index (χ3n) is 7.43. The van der Waals surface area contributed by atoms with Crippen molar-refractivity contribution in [1.82, 2.24) is 4.98 Å². The zero-order chi connectivity index (χ0) is 26.1. The molecular formula is C30H34F2N2O2. The number of halogens is 2. The van der Waals surface area contributed by atoms with Gasteiger partial charge in [-0.25, -0.2) is 13.8 Å². The number of ether oxygens (including phenoxy) is 1. The van der Waals surface area contributed by atoms with Crippen molar-refractivity contribution < 1.29 is 18.3 Å². The van der Waals surface area contributed by atoms with E-state index < -0.39 is 17.3 Å². The summed E-state index contributed by atoms with van der Waals surface area (Å²) in [5, 5.41) is 3.20. The quantitative estimate of drug-likeness (QED) is 0.348. The van der Waals surface area contributed by atoms with Gasteiger partial charge in [0.2, 0.25) is 5.92 Å². The van der Waals surface area contributed by atoms with Crippen molar-refractivity contribution >= 4 is 11.6 Å². The van der Waals surface area contributed by atoms with Crippen LogP contribution >= 0.6 is 0 Å². The molecule has 1 N–H and O–H groups in total. The minimum atomic E-state index is -2.77. The van der Waals surface area contributed by atoms with Crippen molar-refractivity contribution in [3.63, 3.8) is 0 Å². The second-order valence-electron chi connectivity index (χ2n) is 10.2. The van der Waals surface area contributed by atoms with Crippen LogP contribution < -0.4 is 10.1 Å². The monoisotopic (exact) mass is 492 g/mol. The second-order valence-corrected chi connectivity index (χ2v) is 10.2. The predicted molar refractivity (Wildman–Crippen MR) is 140 cm³/mol. The highest BCUT2D eigenvalue weighted by Gasteiger charge is 2.39. The molecule has 1 aliphatic rings. The number of carbonyl (C=O) groups is 1. The van der Waals surface area contributed by atoms with Gasteiger partial charge in [0.1, 0.15) is 11.6 Å². The van der Waals surface area contributed by atoms with E-state index in [4.69, 9.17) is 9.72 Å². The minimum absolute atomic E-state index is 0.135. The first-order chi connectivity index (χ1) is 17.1. The number of benzene rings is 2. The van der Waals surface area contributed by atoms with Crippen LogP contribution in [0.1, 0.15) is 66.6 Å². The van der Waals surface area contributed by atoms with Crippen molar-refractivity contribution in [1.29, 1.82) is 0 Å². The number of nitrogens with zero attached hydrogens (tertiary/aromatic N) is 1. The van der Waals surface area contributed by atoms with Crippen molar-refractivity contribution in [3.05, 3.63) is 77.0 Å². The van der Waals surface area contributed by atoms with Gasteiger partial charge in [0.25, 0.3) is 0 Å². The molecule has 1 aromatic heterocycles. The Bertz CT molecular complexity index is 1270. The summed E-state index contributed by atoms with van der Waals surface area (Å²) in [6.07, 6.45) is 2.16. The van der Waals surface area contributed by atoms with E-state index in [1.165, 1.54) is 0 Å². The smallest absolute Gasteiger partial charge is 0.248 e. The number of pyridine rings is 1. The van der Waals surface area contributed by atoms with Crippen LogP contribution in [0.3, 0.4) is 0 Å². The maximum Gasteiger partial charge on any atom is 0.248 e. The van der Waals surface area contributed by atoms with Gasteiger partial charge in [-0.15, -0.1) is 0 Å². The van der Waals surface area contributed by atoms with Crippen LogP contribution in [0.25, 0.3) is 11.1 Å². The molecule has 3 aromatic rings. The molecule has 1 atom stereocenters. The summed E-state index contributed by atoms with van der Waals surface area (Å²) in [5.74, 6) is -2.06. The largest absolute Gasteiger partial charge is 0.496 e. The van der Waals surface area contributed by atoms with Crippen molar-refractivity contribution in [3.8, 4) is 16.9 Å². The molecule has 2 aromatic carbocycles. The van der Waals surface area contributed by atoms with E-state index in [0.29, 0.717) is 18.4 Å². The van der Waals surface area contributed by atoms with Crippen molar-refractivity contribution in [2.24, 2.45) is 5.92 Å². The Hall–Kier alpha value is -3.28. The SMILES string of the molecule is CNc1ncc(-c2ccc(C)c(C(=O)C3CCCC(F)(F)C3)c2)cc1C(C)(C)c1ccccc1OC. The minimum Gasteiger partial charge on any atom is -0.496 e. The summed E-state index contributed by atoms with van der Waals surface area (Å²) >= 11 is 0. The van der Waals surface area contributed by atoms with E-state index in [9.17, 15) is 13.6 Å². The molecule has 6 heteroatoms. The summed E-state index contributed by atoms with van der Waals surface area (Å²) in [4.78, 5) is 18.0. The topological polar surface area (TPSA) is 51.2 Å². The van der Waals surface area contributed by atoms with Gasteiger partial charge < -0.3 is 10.1 Å². The van der Waals surface area contributed by atoms with Crippen molar-refractivity contribution in [2.45, 2.75) is 57.8 Å². The molecule has 0 aliphatic heterocycles.